The first-order chi connectivity index (χ1) is 17.4. The fraction of sp³-hybridized carbons (Fsp3) is 0.304. The van der Waals surface area contributed by atoms with Crippen molar-refractivity contribution < 1.29 is 41.0 Å². The van der Waals surface area contributed by atoms with Crippen LogP contribution in [0.5, 0.6) is 0 Å². The first kappa shape index (κ1) is 27.6. The minimum atomic E-state index is -4.64. The summed E-state index contributed by atoms with van der Waals surface area (Å²) in [6.45, 7) is -0.302. The fourth-order valence-electron chi connectivity index (χ4n) is 3.58. The lowest BCUT2D eigenvalue weighted by atomic mass is 10.0. The summed E-state index contributed by atoms with van der Waals surface area (Å²) in [4.78, 5) is 23.7. The molecule has 8 nitrogen and oxygen atoms in total. The van der Waals surface area contributed by atoms with Gasteiger partial charge in [-0.05, 0) is 23.6 Å². The lowest BCUT2D eigenvalue weighted by molar-refractivity contribution is -0.255. The number of hydrogen-bond donors (Lipinski definition) is 1. The van der Waals surface area contributed by atoms with E-state index in [2.05, 4.69) is 10.2 Å². The monoisotopic (exact) mass is 528 g/mol. The first-order valence-corrected chi connectivity index (χ1v) is 10.8. The van der Waals surface area contributed by atoms with E-state index in [1.54, 1.807) is 18.2 Å². The van der Waals surface area contributed by atoms with Gasteiger partial charge in [-0.3, -0.25) is 4.79 Å². The number of carboxylic acid groups (broad SMARTS) is 1. The van der Waals surface area contributed by atoms with Gasteiger partial charge in [0.25, 0.3) is 0 Å². The highest BCUT2D eigenvalue weighted by molar-refractivity contribution is 5.85. The molecule has 0 unspecified atom stereocenters. The van der Waals surface area contributed by atoms with Gasteiger partial charge in [-0.25, -0.2) is 13.2 Å². The number of halogens is 6. The van der Waals surface area contributed by atoms with Gasteiger partial charge in [0.15, 0.2) is 17.5 Å². The van der Waals surface area contributed by atoms with Crippen LogP contribution in [0.1, 0.15) is 34.0 Å². The van der Waals surface area contributed by atoms with Gasteiger partial charge in [0.2, 0.25) is 11.7 Å². The van der Waals surface area contributed by atoms with Crippen molar-refractivity contribution in [3.05, 3.63) is 82.7 Å². The van der Waals surface area contributed by atoms with E-state index >= 15 is 0 Å². The second kappa shape index (κ2) is 11.4. The molecule has 4 rings (SSSR count). The Morgan fingerprint density at radius 2 is 1.65 bits per heavy atom. The maximum Gasteiger partial charge on any atom is 0.451 e. The zero-order valence-electron chi connectivity index (χ0n) is 19.0. The van der Waals surface area contributed by atoms with Crippen LogP contribution in [0.4, 0.5) is 26.3 Å². The number of benzene rings is 2. The summed E-state index contributed by atoms with van der Waals surface area (Å²) < 4.78 is 79.3. The van der Waals surface area contributed by atoms with Gasteiger partial charge in [0.05, 0.1) is 12.5 Å². The highest BCUT2D eigenvalue weighted by atomic mass is 19.4. The van der Waals surface area contributed by atoms with Crippen LogP contribution in [0.2, 0.25) is 0 Å². The minimum absolute atomic E-state index is 0.000783. The van der Waals surface area contributed by atoms with E-state index in [1.807, 2.05) is 0 Å². The minimum Gasteiger partial charge on any atom is -0.545 e. The molecule has 1 aromatic heterocycles. The Kier molecular flexibility index (Phi) is 8.53. The van der Waals surface area contributed by atoms with Crippen molar-refractivity contribution in [3.63, 3.8) is 0 Å². The van der Waals surface area contributed by atoms with Crippen LogP contribution < -0.4 is 10.8 Å². The number of carbonyl (C=O) groups is 2. The molecule has 3 aromatic rings. The summed E-state index contributed by atoms with van der Waals surface area (Å²) in [6.07, 6.45) is -5.11. The van der Waals surface area contributed by atoms with Crippen molar-refractivity contribution in [2.24, 2.45) is 5.73 Å². The quantitative estimate of drug-likeness (QED) is 0.400. The molecular formula is C23H20F6N5O3-. The van der Waals surface area contributed by atoms with E-state index < -0.39 is 47.4 Å². The Balaban J connectivity index is 0.000000356. The maximum atomic E-state index is 13.7. The van der Waals surface area contributed by atoms with Crippen molar-refractivity contribution in [2.45, 2.75) is 38.1 Å². The predicted molar refractivity (Wildman–Crippen MR) is 114 cm³/mol. The normalized spacial score (nSPS) is 13.9. The Bertz CT molecular complexity index is 1270. The molecule has 37 heavy (non-hydrogen) atoms. The van der Waals surface area contributed by atoms with E-state index in [9.17, 15) is 41.0 Å². The number of aromatic nitrogens is 3. The third-order valence-corrected chi connectivity index (χ3v) is 5.38. The van der Waals surface area contributed by atoms with Crippen LogP contribution in [-0.4, -0.2) is 44.1 Å². The summed E-state index contributed by atoms with van der Waals surface area (Å²) in [5.41, 5.74) is 5.86. The first-order valence-electron chi connectivity index (χ1n) is 10.8. The molecule has 198 valence electrons. The molecule has 0 bridgehead atoms. The number of amides is 1. The number of nitrogens with zero attached hydrogens (tertiary/aromatic N) is 4. The molecule has 2 N–H and O–H groups in total. The Morgan fingerprint density at radius 3 is 2.24 bits per heavy atom. The van der Waals surface area contributed by atoms with E-state index in [-0.39, 0.29) is 49.4 Å². The van der Waals surface area contributed by atoms with E-state index in [1.165, 1.54) is 17.0 Å². The van der Waals surface area contributed by atoms with Crippen molar-refractivity contribution >= 4 is 11.9 Å². The standard InChI is InChI=1S/C16H15F6N5O.C7H6O2/c17-10-6-12(19)11(18)4-8(10)3-9(23)5-14(28)26-1-2-27-13(7-26)24-25-15(27)16(20,21)22;8-7(9)6-4-2-1-3-5-6/h4,6,9H,1-3,5,7,23H2;1-5H,(H,8,9)/p-1/t9-;/m1./s1. The number of hydrogen-bond acceptors (Lipinski definition) is 6. The van der Waals surface area contributed by atoms with Gasteiger partial charge < -0.3 is 25.1 Å². The zero-order valence-corrected chi connectivity index (χ0v) is 19.0. The van der Waals surface area contributed by atoms with Gasteiger partial charge in [-0.15, -0.1) is 10.2 Å². The summed E-state index contributed by atoms with van der Waals surface area (Å²) in [5.74, 6) is -6.28. The number of fused-ring (bicyclic) bond motifs is 1. The molecule has 0 saturated carbocycles. The molecule has 0 spiro atoms. The van der Waals surface area contributed by atoms with E-state index in [0.717, 1.165) is 4.57 Å². The summed E-state index contributed by atoms with van der Waals surface area (Å²) in [7, 11) is 0. The average Bonchev–Trinajstić information content (AvgIpc) is 3.27. The second-order valence-electron chi connectivity index (χ2n) is 8.08. The summed E-state index contributed by atoms with van der Waals surface area (Å²) in [5, 5.41) is 16.7. The van der Waals surface area contributed by atoms with E-state index in [4.69, 9.17) is 5.73 Å². The smallest absolute Gasteiger partial charge is 0.451 e. The molecule has 0 saturated heterocycles. The van der Waals surface area contributed by atoms with Crippen molar-refractivity contribution in [1.29, 1.82) is 0 Å². The average molecular weight is 528 g/mol. The van der Waals surface area contributed by atoms with E-state index in [0.29, 0.717) is 12.1 Å². The molecule has 1 amide bonds. The van der Waals surface area contributed by atoms with Gasteiger partial charge in [0.1, 0.15) is 5.82 Å². The number of rotatable bonds is 5. The van der Waals surface area contributed by atoms with Crippen LogP contribution in [0.3, 0.4) is 0 Å². The van der Waals surface area contributed by atoms with Crippen molar-refractivity contribution in [2.75, 3.05) is 6.54 Å². The highest BCUT2D eigenvalue weighted by Crippen LogP contribution is 2.29. The van der Waals surface area contributed by atoms with Crippen molar-refractivity contribution in [3.8, 4) is 0 Å². The summed E-state index contributed by atoms with van der Waals surface area (Å²) >= 11 is 0. The molecule has 0 fully saturated rings. The Hall–Kier alpha value is -3.94. The Morgan fingerprint density at radius 1 is 1.00 bits per heavy atom. The van der Waals surface area contributed by atoms with Crippen molar-refractivity contribution in [1.82, 2.24) is 19.7 Å². The topological polar surface area (TPSA) is 117 Å². The van der Waals surface area contributed by atoms with Gasteiger partial charge in [0, 0.05) is 31.6 Å². The van der Waals surface area contributed by atoms with Crippen LogP contribution in [0.25, 0.3) is 0 Å². The molecule has 1 aliphatic rings. The molecule has 14 heteroatoms. The van der Waals surface area contributed by atoms with Crippen LogP contribution in [0.15, 0.2) is 42.5 Å². The second-order valence-corrected chi connectivity index (χ2v) is 8.08. The number of alkyl halides is 3. The largest absolute Gasteiger partial charge is 0.545 e. The zero-order chi connectivity index (χ0) is 27.3. The third-order valence-electron chi connectivity index (χ3n) is 5.38. The van der Waals surface area contributed by atoms with Gasteiger partial charge in [-0.1, -0.05) is 30.3 Å². The highest BCUT2D eigenvalue weighted by Gasteiger charge is 2.40. The van der Waals surface area contributed by atoms with Crippen LogP contribution in [-0.2, 0) is 30.5 Å². The number of aromatic carboxylic acids is 1. The molecule has 1 atom stereocenters. The van der Waals surface area contributed by atoms with Crippen LogP contribution in [0, 0.1) is 17.5 Å². The SMILES string of the molecule is N[C@@H](CC(=O)N1CCn2c(nnc2C(F)(F)F)C1)Cc1cc(F)c(F)cc1F.O=C([O-])c1ccccc1. The molecule has 0 radical (unpaired) electrons. The molecule has 2 aromatic carbocycles. The summed E-state index contributed by atoms with van der Waals surface area (Å²) in [6, 6.07) is 8.25. The Labute approximate surface area is 206 Å². The van der Waals surface area contributed by atoms with Gasteiger partial charge in [-0.2, -0.15) is 13.2 Å². The van der Waals surface area contributed by atoms with Crippen LogP contribution >= 0.6 is 0 Å². The molecule has 2 heterocycles. The number of nitrogens with two attached hydrogens (primary N) is 1. The molecule has 0 aliphatic carbocycles. The maximum absolute atomic E-state index is 13.7. The lowest BCUT2D eigenvalue weighted by Crippen LogP contribution is -2.42. The molecular weight excluding hydrogens is 508 g/mol. The predicted octanol–water partition coefficient (Wildman–Crippen LogP) is 2.07. The lowest BCUT2D eigenvalue weighted by Gasteiger charge is -2.29. The van der Waals surface area contributed by atoms with Gasteiger partial charge >= 0.3 is 6.18 Å². The molecule has 1 aliphatic heterocycles. The number of carboxylic acids is 1. The number of carbonyl (C=O) groups excluding carboxylic acids is 2. The fourth-order valence-corrected chi connectivity index (χ4v) is 3.58. The third kappa shape index (κ3) is 7.06.